The highest BCUT2D eigenvalue weighted by atomic mass is 32.1. The molecule has 0 aliphatic carbocycles. The Kier molecular flexibility index (Phi) is 6.76. The molecule has 1 aliphatic heterocycles. The molecular formula is C18H20F3N5OS. The van der Waals surface area contributed by atoms with Crippen molar-refractivity contribution in [2.75, 3.05) is 44.6 Å². The van der Waals surface area contributed by atoms with Crippen LogP contribution in [-0.4, -0.2) is 65.2 Å². The lowest BCUT2D eigenvalue weighted by Crippen LogP contribution is -2.48. The number of halogens is 3. The first kappa shape index (κ1) is 20.4. The average Bonchev–Trinajstić information content (AvgIpc) is 3.13. The van der Waals surface area contributed by atoms with Gasteiger partial charge in [-0.1, -0.05) is 53.8 Å². The Bertz CT molecular complexity index is 801. The first-order chi connectivity index (χ1) is 13.4. The number of nitrogens with one attached hydrogen (secondary N) is 1. The Morgan fingerprint density at radius 3 is 2.43 bits per heavy atom. The molecule has 1 N–H and O–H groups in total. The number of alkyl halides is 3. The molecule has 0 bridgehead atoms. The van der Waals surface area contributed by atoms with E-state index in [2.05, 4.69) is 32.6 Å². The van der Waals surface area contributed by atoms with Gasteiger partial charge in [0.05, 0.1) is 6.54 Å². The SMILES string of the molecule is O=C(CN1CCN(C/C=C/c2ccccc2)CC1)Nc1nnc(C(F)(F)F)s1. The van der Waals surface area contributed by atoms with Crippen LogP contribution in [0.3, 0.4) is 0 Å². The van der Waals surface area contributed by atoms with E-state index in [1.54, 1.807) is 0 Å². The fraction of sp³-hybridized carbons (Fsp3) is 0.389. The lowest BCUT2D eigenvalue weighted by molar-refractivity contribution is -0.138. The number of rotatable bonds is 6. The fourth-order valence-corrected chi connectivity index (χ4v) is 3.41. The van der Waals surface area contributed by atoms with E-state index in [1.807, 2.05) is 35.2 Å². The van der Waals surface area contributed by atoms with Crippen molar-refractivity contribution in [1.82, 2.24) is 20.0 Å². The maximum atomic E-state index is 12.5. The van der Waals surface area contributed by atoms with E-state index < -0.39 is 11.2 Å². The van der Waals surface area contributed by atoms with Crippen LogP contribution in [-0.2, 0) is 11.0 Å². The number of anilines is 1. The third kappa shape index (κ3) is 6.11. The van der Waals surface area contributed by atoms with Gasteiger partial charge in [0.2, 0.25) is 16.0 Å². The molecule has 1 aromatic heterocycles. The summed E-state index contributed by atoms with van der Waals surface area (Å²) in [6.45, 7) is 4.04. The van der Waals surface area contributed by atoms with E-state index in [1.165, 1.54) is 0 Å². The highest BCUT2D eigenvalue weighted by Crippen LogP contribution is 2.32. The molecule has 1 amide bonds. The lowest BCUT2D eigenvalue weighted by atomic mass is 10.2. The minimum Gasteiger partial charge on any atom is -0.299 e. The van der Waals surface area contributed by atoms with Crippen molar-refractivity contribution in [3.63, 3.8) is 0 Å². The average molecular weight is 411 g/mol. The van der Waals surface area contributed by atoms with Crippen molar-refractivity contribution in [3.05, 3.63) is 47.0 Å². The van der Waals surface area contributed by atoms with Gasteiger partial charge in [-0.15, -0.1) is 10.2 Å². The molecule has 3 rings (SSSR count). The molecule has 6 nitrogen and oxygen atoms in total. The third-order valence-corrected chi connectivity index (χ3v) is 5.10. The topological polar surface area (TPSA) is 61.4 Å². The van der Waals surface area contributed by atoms with Crippen molar-refractivity contribution < 1.29 is 18.0 Å². The number of benzene rings is 1. The van der Waals surface area contributed by atoms with E-state index >= 15 is 0 Å². The summed E-state index contributed by atoms with van der Waals surface area (Å²) < 4.78 is 37.5. The van der Waals surface area contributed by atoms with Gasteiger partial charge in [-0.25, -0.2) is 0 Å². The predicted octanol–water partition coefficient (Wildman–Crippen LogP) is 2.83. The van der Waals surface area contributed by atoms with Crippen LogP contribution in [0, 0.1) is 0 Å². The zero-order valence-corrected chi connectivity index (χ0v) is 15.8. The van der Waals surface area contributed by atoms with E-state index in [-0.39, 0.29) is 17.6 Å². The second-order valence-electron chi connectivity index (χ2n) is 6.35. The normalized spacial score (nSPS) is 16.5. The number of carbonyl (C=O) groups is 1. The molecule has 150 valence electrons. The number of nitrogens with zero attached hydrogens (tertiary/aromatic N) is 4. The summed E-state index contributed by atoms with van der Waals surface area (Å²) in [5.41, 5.74) is 1.16. The van der Waals surface area contributed by atoms with Crippen molar-refractivity contribution in [1.29, 1.82) is 0 Å². The molecule has 28 heavy (non-hydrogen) atoms. The Balaban J connectivity index is 1.38. The van der Waals surface area contributed by atoms with Crippen molar-refractivity contribution in [3.8, 4) is 0 Å². The summed E-state index contributed by atoms with van der Waals surface area (Å²) in [6.07, 6.45) is -0.353. The van der Waals surface area contributed by atoms with Gasteiger partial charge >= 0.3 is 6.18 Å². The number of hydrogen-bond acceptors (Lipinski definition) is 6. The zero-order valence-electron chi connectivity index (χ0n) is 15.0. The smallest absolute Gasteiger partial charge is 0.299 e. The van der Waals surface area contributed by atoms with Crippen LogP contribution < -0.4 is 5.32 Å². The van der Waals surface area contributed by atoms with Crippen LogP contribution in [0.25, 0.3) is 6.08 Å². The highest BCUT2D eigenvalue weighted by molar-refractivity contribution is 7.15. The quantitative estimate of drug-likeness (QED) is 0.792. The number of piperazine rings is 1. The van der Waals surface area contributed by atoms with Crippen LogP contribution in [0.4, 0.5) is 18.3 Å². The summed E-state index contributed by atoms with van der Waals surface area (Å²) >= 11 is 0.324. The monoisotopic (exact) mass is 411 g/mol. The summed E-state index contributed by atoms with van der Waals surface area (Å²) in [5, 5.41) is 7.60. The molecule has 10 heteroatoms. The Morgan fingerprint density at radius 1 is 1.11 bits per heavy atom. The molecule has 0 spiro atoms. The molecule has 1 aliphatic rings. The maximum Gasteiger partial charge on any atom is 0.445 e. The van der Waals surface area contributed by atoms with Gasteiger partial charge in [0.1, 0.15) is 0 Å². The van der Waals surface area contributed by atoms with Crippen molar-refractivity contribution in [2.24, 2.45) is 0 Å². The minimum absolute atomic E-state index is 0.120. The summed E-state index contributed by atoms with van der Waals surface area (Å²) in [6, 6.07) is 10.1. The van der Waals surface area contributed by atoms with Gasteiger partial charge < -0.3 is 0 Å². The number of carbonyl (C=O) groups excluding carboxylic acids is 1. The van der Waals surface area contributed by atoms with Crippen molar-refractivity contribution in [2.45, 2.75) is 6.18 Å². The second-order valence-corrected chi connectivity index (χ2v) is 7.33. The van der Waals surface area contributed by atoms with Gasteiger partial charge in [-0.2, -0.15) is 13.2 Å². The molecular weight excluding hydrogens is 391 g/mol. The van der Waals surface area contributed by atoms with Crippen LogP contribution >= 0.6 is 11.3 Å². The number of aromatic nitrogens is 2. The fourth-order valence-electron chi connectivity index (χ4n) is 2.78. The van der Waals surface area contributed by atoms with E-state index in [0.29, 0.717) is 11.3 Å². The molecule has 0 saturated carbocycles. The molecule has 1 fully saturated rings. The van der Waals surface area contributed by atoms with Gasteiger partial charge in [0, 0.05) is 32.7 Å². The third-order valence-electron chi connectivity index (χ3n) is 4.22. The van der Waals surface area contributed by atoms with Gasteiger partial charge in [-0.05, 0) is 5.56 Å². The van der Waals surface area contributed by atoms with Gasteiger partial charge in [-0.3, -0.25) is 19.9 Å². The van der Waals surface area contributed by atoms with Gasteiger partial charge in [0.15, 0.2) is 0 Å². The number of hydrogen-bond donors (Lipinski definition) is 1. The summed E-state index contributed by atoms with van der Waals surface area (Å²) in [7, 11) is 0. The van der Waals surface area contributed by atoms with E-state index in [9.17, 15) is 18.0 Å². The summed E-state index contributed by atoms with van der Waals surface area (Å²) in [4.78, 5) is 16.3. The van der Waals surface area contributed by atoms with Crippen LogP contribution in [0.5, 0.6) is 0 Å². The van der Waals surface area contributed by atoms with Gasteiger partial charge in [0.25, 0.3) is 0 Å². The Labute approximate surface area is 164 Å². The first-order valence-corrected chi connectivity index (χ1v) is 9.58. The van der Waals surface area contributed by atoms with Crippen LogP contribution in [0.1, 0.15) is 10.6 Å². The highest BCUT2D eigenvalue weighted by Gasteiger charge is 2.35. The second kappa shape index (κ2) is 9.26. The van der Waals surface area contributed by atoms with E-state index in [0.717, 1.165) is 38.3 Å². The molecule has 1 aromatic carbocycles. The maximum absolute atomic E-state index is 12.5. The minimum atomic E-state index is -4.55. The predicted molar refractivity (Wildman–Crippen MR) is 102 cm³/mol. The largest absolute Gasteiger partial charge is 0.445 e. The molecule has 2 heterocycles. The van der Waals surface area contributed by atoms with Crippen LogP contribution in [0.2, 0.25) is 0 Å². The lowest BCUT2D eigenvalue weighted by Gasteiger charge is -2.33. The molecule has 2 aromatic rings. The number of amides is 1. The molecule has 0 atom stereocenters. The molecule has 0 radical (unpaired) electrons. The molecule has 1 saturated heterocycles. The zero-order chi connectivity index (χ0) is 20.0. The van der Waals surface area contributed by atoms with Crippen LogP contribution in [0.15, 0.2) is 36.4 Å². The first-order valence-electron chi connectivity index (χ1n) is 8.77. The van der Waals surface area contributed by atoms with E-state index in [4.69, 9.17) is 0 Å². The Hall–Kier alpha value is -2.30. The summed E-state index contributed by atoms with van der Waals surface area (Å²) in [5.74, 6) is -0.387. The standard InChI is InChI=1S/C18H20F3N5OS/c19-18(20,21)16-23-24-17(28-16)22-15(27)13-26-11-9-25(10-12-26)8-4-7-14-5-2-1-3-6-14/h1-7H,8-13H2,(H,22,24,27)/b7-4+. The van der Waals surface area contributed by atoms with Crippen molar-refractivity contribution >= 4 is 28.5 Å². The Morgan fingerprint density at radius 2 is 1.79 bits per heavy atom. The molecule has 0 unspecified atom stereocenters.